The van der Waals surface area contributed by atoms with Crippen LogP contribution in [0.5, 0.6) is 5.75 Å². The van der Waals surface area contributed by atoms with Crippen molar-refractivity contribution in [2.24, 2.45) is 0 Å². The predicted octanol–water partition coefficient (Wildman–Crippen LogP) is 6.11. The molecule has 0 fully saturated rings. The van der Waals surface area contributed by atoms with E-state index >= 15 is 0 Å². The van der Waals surface area contributed by atoms with Gasteiger partial charge in [0.2, 0.25) is 0 Å². The van der Waals surface area contributed by atoms with Crippen LogP contribution < -0.4 is 4.74 Å². The van der Waals surface area contributed by atoms with Gasteiger partial charge in [0.05, 0.1) is 11.6 Å². The number of nitriles is 1. The molecule has 0 amide bonds. The number of halogens is 2. The predicted molar refractivity (Wildman–Crippen MR) is 97.4 cm³/mol. The van der Waals surface area contributed by atoms with E-state index in [1.807, 2.05) is 36.4 Å². The van der Waals surface area contributed by atoms with E-state index < -0.39 is 0 Å². The highest BCUT2D eigenvalue weighted by Crippen LogP contribution is 2.27. The Morgan fingerprint density at radius 2 is 1.33 bits per heavy atom. The highest BCUT2D eigenvalue weighted by molar-refractivity contribution is 6.35. The van der Waals surface area contributed by atoms with E-state index in [1.54, 1.807) is 30.3 Å². The van der Waals surface area contributed by atoms with Crippen LogP contribution in [0.4, 0.5) is 0 Å². The van der Waals surface area contributed by atoms with Crippen LogP contribution in [0.15, 0.2) is 66.7 Å². The molecule has 0 heterocycles. The van der Waals surface area contributed by atoms with Crippen molar-refractivity contribution in [3.63, 3.8) is 0 Å². The lowest BCUT2D eigenvalue weighted by atomic mass is 10.0. The van der Waals surface area contributed by atoms with Gasteiger partial charge in [-0.3, -0.25) is 0 Å². The molecule has 3 aromatic rings. The summed E-state index contributed by atoms with van der Waals surface area (Å²) in [6.45, 7) is 0.314. The summed E-state index contributed by atoms with van der Waals surface area (Å²) < 4.78 is 5.77. The van der Waals surface area contributed by atoms with E-state index in [0.29, 0.717) is 22.2 Å². The van der Waals surface area contributed by atoms with Gasteiger partial charge in [0.15, 0.2) is 0 Å². The number of benzene rings is 3. The minimum atomic E-state index is 0.314. The maximum Gasteiger partial charge on any atom is 0.119 e. The standard InChI is InChI=1S/C20H13Cl2NO/c21-19-2-1-3-20(22)18(19)13-24-17-10-8-16(9-11-17)15-6-4-14(12-23)5-7-15/h1-11H,13H2. The van der Waals surface area contributed by atoms with Gasteiger partial charge in [0.1, 0.15) is 12.4 Å². The molecule has 0 saturated carbocycles. The molecule has 3 rings (SSSR count). The Kier molecular flexibility index (Phi) is 5.05. The lowest BCUT2D eigenvalue weighted by molar-refractivity contribution is 0.306. The molecule has 0 aromatic heterocycles. The Bertz CT molecular complexity index is 861. The Hall–Kier alpha value is -2.47. The molecule has 0 spiro atoms. The zero-order valence-electron chi connectivity index (χ0n) is 12.7. The molecular weight excluding hydrogens is 341 g/mol. The number of ether oxygens (including phenoxy) is 1. The summed E-state index contributed by atoms with van der Waals surface area (Å²) in [5.74, 6) is 0.739. The van der Waals surface area contributed by atoms with Gasteiger partial charge in [-0.05, 0) is 47.5 Å². The van der Waals surface area contributed by atoms with Gasteiger partial charge in [-0.15, -0.1) is 0 Å². The second-order valence-corrected chi connectivity index (χ2v) is 6.02. The summed E-state index contributed by atoms with van der Waals surface area (Å²) in [4.78, 5) is 0. The molecule has 0 atom stereocenters. The molecule has 2 nitrogen and oxygen atoms in total. The third-order valence-electron chi connectivity index (χ3n) is 3.65. The van der Waals surface area contributed by atoms with Crippen LogP contribution in [0.3, 0.4) is 0 Å². The highest BCUT2D eigenvalue weighted by atomic mass is 35.5. The Morgan fingerprint density at radius 3 is 1.88 bits per heavy atom. The first kappa shape index (κ1) is 16.4. The normalized spacial score (nSPS) is 10.2. The van der Waals surface area contributed by atoms with E-state index in [1.165, 1.54) is 0 Å². The Labute approximate surface area is 150 Å². The third-order valence-corrected chi connectivity index (χ3v) is 4.35. The monoisotopic (exact) mass is 353 g/mol. The number of nitrogens with zero attached hydrogens (tertiary/aromatic N) is 1. The fourth-order valence-corrected chi connectivity index (χ4v) is 2.81. The van der Waals surface area contributed by atoms with Crippen molar-refractivity contribution in [2.75, 3.05) is 0 Å². The quantitative estimate of drug-likeness (QED) is 0.566. The summed E-state index contributed by atoms with van der Waals surface area (Å²) >= 11 is 12.3. The van der Waals surface area contributed by atoms with Crippen LogP contribution >= 0.6 is 23.2 Å². The first-order chi connectivity index (χ1) is 11.7. The second kappa shape index (κ2) is 7.40. The molecule has 0 unspecified atom stereocenters. The lowest BCUT2D eigenvalue weighted by Crippen LogP contribution is -1.97. The first-order valence-electron chi connectivity index (χ1n) is 7.33. The van der Waals surface area contributed by atoms with E-state index in [-0.39, 0.29) is 0 Å². The summed E-state index contributed by atoms with van der Waals surface area (Å²) in [6, 6.07) is 22.7. The minimum absolute atomic E-state index is 0.314. The summed E-state index contributed by atoms with van der Waals surface area (Å²) in [7, 11) is 0. The number of hydrogen-bond donors (Lipinski definition) is 0. The molecule has 0 aliphatic carbocycles. The van der Waals surface area contributed by atoms with E-state index in [2.05, 4.69) is 6.07 Å². The molecule has 118 valence electrons. The highest BCUT2D eigenvalue weighted by Gasteiger charge is 2.06. The molecule has 24 heavy (non-hydrogen) atoms. The van der Waals surface area contributed by atoms with E-state index in [0.717, 1.165) is 22.4 Å². The number of rotatable bonds is 4. The van der Waals surface area contributed by atoms with E-state index in [9.17, 15) is 0 Å². The van der Waals surface area contributed by atoms with Gasteiger partial charge < -0.3 is 4.74 Å². The Balaban J connectivity index is 1.71. The molecule has 3 aromatic carbocycles. The van der Waals surface area contributed by atoms with Crippen molar-refractivity contribution in [1.82, 2.24) is 0 Å². The van der Waals surface area contributed by atoms with Crippen LogP contribution in [0.25, 0.3) is 11.1 Å². The third kappa shape index (κ3) is 3.71. The van der Waals surface area contributed by atoms with Crippen LogP contribution in [-0.2, 0) is 6.61 Å². The summed E-state index contributed by atoms with van der Waals surface area (Å²) in [6.07, 6.45) is 0. The van der Waals surface area contributed by atoms with Crippen molar-refractivity contribution in [2.45, 2.75) is 6.61 Å². The molecule has 0 bridgehead atoms. The second-order valence-electron chi connectivity index (χ2n) is 5.20. The lowest BCUT2D eigenvalue weighted by Gasteiger charge is -2.10. The van der Waals surface area contributed by atoms with Crippen molar-refractivity contribution >= 4 is 23.2 Å². The van der Waals surface area contributed by atoms with Gasteiger partial charge in [-0.25, -0.2) is 0 Å². The van der Waals surface area contributed by atoms with E-state index in [4.69, 9.17) is 33.2 Å². The van der Waals surface area contributed by atoms with Crippen molar-refractivity contribution in [3.05, 3.63) is 87.9 Å². The maximum absolute atomic E-state index is 8.84. The van der Waals surface area contributed by atoms with Crippen molar-refractivity contribution in [1.29, 1.82) is 5.26 Å². The van der Waals surface area contributed by atoms with Crippen LogP contribution in [-0.4, -0.2) is 0 Å². The van der Waals surface area contributed by atoms with Crippen molar-refractivity contribution in [3.8, 4) is 22.9 Å². The van der Waals surface area contributed by atoms with Gasteiger partial charge >= 0.3 is 0 Å². The molecule has 4 heteroatoms. The van der Waals surface area contributed by atoms with Gasteiger partial charge in [0.25, 0.3) is 0 Å². The smallest absolute Gasteiger partial charge is 0.119 e. The summed E-state index contributed by atoms with van der Waals surface area (Å²) in [5.41, 5.74) is 3.53. The molecule has 0 saturated heterocycles. The van der Waals surface area contributed by atoms with Crippen molar-refractivity contribution < 1.29 is 4.74 Å². The van der Waals surface area contributed by atoms with Gasteiger partial charge in [0, 0.05) is 15.6 Å². The largest absolute Gasteiger partial charge is 0.489 e. The van der Waals surface area contributed by atoms with Crippen LogP contribution in [0.2, 0.25) is 10.0 Å². The number of hydrogen-bond acceptors (Lipinski definition) is 2. The Morgan fingerprint density at radius 1 is 0.792 bits per heavy atom. The van der Waals surface area contributed by atoms with Gasteiger partial charge in [-0.2, -0.15) is 5.26 Å². The molecule has 0 N–H and O–H groups in total. The maximum atomic E-state index is 8.84. The topological polar surface area (TPSA) is 33.0 Å². The van der Waals surface area contributed by atoms with Crippen LogP contribution in [0, 0.1) is 11.3 Å². The molecular formula is C20H13Cl2NO. The minimum Gasteiger partial charge on any atom is -0.489 e. The fraction of sp³-hybridized carbons (Fsp3) is 0.0500. The SMILES string of the molecule is N#Cc1ccc(-c2ccc(OCc3c(Cl)cccc3Cl)cc2)cc1. The zero-order chi connectivity index (χ0) is 16.9. The van der Waals surface area contributed by atoms with Gasteiger partial charge in [-0.1, -0.05) is 53.5 Å². The molecule has 0 aliphatic heterocycles. The summed E-state index contributed by atoms with van der Waals surface area (Å²) in [5, 5.41) is 10.0. The molecule has 0 radical (unpaired) electrons. The fourth-order valence-electron chi connectivity index (χ4n) is 2.31. The first-order valence-corrected chi connectivity index (χ1v) is 8.09. The molecule has 0 aliphatic rings. The average Bonchev–Trinajstić information content (AvgIpc) is 2.62. The average molecular weight is 354 g/mol. The van der Waals surface area contributed by atoms with Crippen LogP contribution in [0.1, 0.15) is 11.1 Å². The zero-order valence-corrected chi connectivity index (χ0v) is 14.2.